The minimum absolute atomic E-state index is 0.276. The normalized spacial score (nSPS) is 22.7. The largest absolute Gasteiger partial charge is 0.342 e. The number of hydrogen-bond acceptors (Lipinski definition) is 2. The first kappa shape index (κ1) is 22.6. The Kier molecular flexibility index (Phi) is 6.13. The zero-order valence-electron chi connectivity index (χ0n) is 19.9. The molecule has 0 radical (unpaired) electrons. The van der Waals surface area contributed by atoms with Crippen molar-refractivity contribution < 1.29 is 4.39 Å². The molecule has 3 nitrogen and oxygen atoms in total. The van der Waals surface area contributed by atoms with Crippen molar-refractivity contribution in [1.82, 2.24) is 9.97 Å². The highest BCUT2D eigenvalue weighted by Gasteiger charge is 2.38. The Hall–Kier alpha value is -3.19. The molecule has 0 amide bonds. The lowest BCUT2D eigenvalue weighted by Crippen LogP contribution is -2.27. The smallest absolute Gasteiger partial charge is 0.136 e. The van der Waals surface area contributed by atoms with Crippen molar-refractivity contribution >= 4 is 5.57 Å². The van der Waals surface area contributed by atoms with E-state index in [1.807, 2.05) is 6.20 Å². The zero-order valence-corrected chi connectivity index (χ0v) is 19.9. The number of aryl methyl sites for hydroxylation is 1. The molecule has 0 saturated heterocycles. The minimum Gasteiger partial charge on any atom is -0.342 e. The van der Waals surface area contributed by atoms with Crippen molar-refractivity contribution in [2.75, 3.05) is 0 Å². The van der Waals surface area contributed by atoms with Gasteiger partial charge in [-0.15, -0.1) is 0 Å². The molecular formula is C30H32FN3. The first-order valence-electron chi connectivity index (χ1n) is 12.6. The monoisotopic (exact) mass is 453 g/mol. The first-order valence-corrected chi connectivity index (χ1v) is 12.6. The Balaban J connectivity index is 1.35. The van der Waals surface area contributed by atoms with Crippen LogP contribution in [0.15, 0.2) is 55.2 Å². The number of hydrogen-bond donors (Lipinski definition) is 1. The van der Waals surface area contributed by atoms with Crippen LogP contribution >= 0.6 is 0 Å². The van der Waals surface area contributed by atoms with Crippen molar-refractivity contribution in [2.45, 2.75) is 69.9 Å². The number of halogens is 1. The summed E-state index contributed by atoms with van der Waals surface area (Å²) in [5, 5.41) is 9.02. The summed E-state index contributed by atoms with van der Waals surface area (Å²) in [5.41, 5.74) is 5.92. The highest BCUT2D eigenvalue weighted by atomic mass is 19.1. The molecule has 1 N–H and O–H groups in total. The van der Waals surface area contributed by atoms with Crippen LogP contribution in [0.2, 0.25) is 0 Å². The van der Waals surface area contributed by atoms with Gasteiger partial charge < -0.3 is 4.98 Å². The van der Waals surface area contributed by atoms with Gasteiger partial charge in [0.1, 0.15) is 11.5 Å². The zero-order chi connectivity index (χ0) is 23.7. The lowest BCUT2D eigenvalue weighted by atomic mass is 9.72. The van der Waals surface area contributed by atoms with Crippen molar-refractivity contribution in [3.63, 3.8) is 0 Å². The molecule has 0 spiro atoms. The second kappa shape index (κ2) is 9.22. The van der Waals surface area contributed by atoms with E-state index in [4.69, 9.17) is 5.26 Å². The van der Waals surface area contributed by atoms with Crippen molar-refractivity contribution in [3.8, 4) is 17.3 Å². The van der Waals surface area contributed by atoms with E-state index in [0.717, 1.165) is 41.9 Å². The maximum Gasteiger partial charge on any atom is 0.136 e. The van der Waals surface area contributed by atoms with Crippen LogP contribution < -0.4 is 0 Å². The Labute approximate surface area is 201 Å². The summed E-state index contributed by atoms with van der Waals surface area (Å²) in [6.45, 7) is 6.58. The third-order valence-electron chi connectivity index (χ3n) is 8.02. The van der Waals surface area contributed by atoms with E-state index in [1.54, 1.807) is 24.3 Å². The predicted molar refractivity (Wildman–Crippen MR) is 135 cm³/mol. The highest BCUT2D eigenvalue weighted by molar-refractivity contribution is 5.74. The molecule has 0 atom stereocenters. The number of nitrogens with one attached hydrogen (secondary N) is 1. The molecule has 34 heavy (non-hydrogen) atoms. The van der Waals surface area contributed by atoms with Gasteiger partial charge in [-0.25, -0.2) is 9.37 Å². The van der Waals surface area contributed by atoms with E-state index in [9.17, 15) is 0 Å². The maximum absolute atomic E-state index is 15.8. The van der Waals surface area contributed by atoms with Gasteiger partial charge in [-0.05, 0) is 90.8 Å². The first-order chi connectivity index (χ1) is 16.5. The quantitative estimate of drug-likeness (QED) is 0.413. The Morgan fingerprint density at radius 1 is 1.15 bits per heavy atom. The van der Waals surface area contributed by atoms with Crippen LogP contribution in [0.1, 0.15) is 85.9 Å². The summed E-state index contributed by atoms with van der Waals surface area (Å²) in [4.78, 5) is 8.03. The fraction of sp³-hybridized carbons (Fsp3) is 0.400. The number of allylic oxidation sites excluding steroid dienone is 1. The van der Waals surface area contributed by atoms with E-state index in [0.29, 0.717) is 29.9 Å². The lowest BCUT2D eigenvalue weighted by Gasteiger charge is -2.35. The third-order valence-corrected chi connectivity index (χ3v) is 8.02. The number of rotatable bonds is 6. The fourth-order valence-electron chi connectivity index (χ4n) is 5.54. The van der Waals surface area contributed by atoms with Crippen LogP contribution in [0.4, 0.5) is 4.39 Å². The second-order valence-electron chi connectivity index (χ2n) is 9.98. The van der Waals surface area contributed by atoms with Crippen molar-refractivity contribution in [3.05, 3.63) is 83.3 Å². The molecule has 0 bridgehead atoms. The van der Waals surface area contributed by atoms with Crippen LogP contribution in [0.25, 0.3) is 16.8 Å². The topological polar surface area (TPSA) is 52.5 Å². The minimum atomic E-state index is -1.32. The van der Waals surface area contributed by atoms with Crippen LogP contribution in [0.5, 0.6) is 0 Å². The van der Waals surface area contributed by atoms with Gasteiger partial charge in [0.05, 0.1) is 23.5 Å². The van der Waals surface area contributed by atoms with Gasteiger partial charge in [-0.2, -0.15) is 5.26 Å². The summed E-state index contributed by atoms with van der Waals surface area (Å²) in [6.07, 6.45) is 9.16. The van der Waals surface area contributed by atoms with Crippen LogP contribution in [0.3, 0.4) is 0 Å². The number of alkyl halides is 1. The fourth-order valence-corrected chi connectivity index (χ4v) is 5.54. The highest BCUT2D eigenvalue weighted by Crippen LogP contribution is 2.47. The molecule has 2 aromatic carbocycles. The Morgan fingerprint density at radius 2 is 1.88 bits per heavy atom. The summed E-state index contributed by atoms with van der Waals surface area (Å²) in [5.74, 6) is 1.91. The number of aromatic amines is 1. The van der Waals surface area contributed by atoms with Crippen molar-refractivity contribution in [2.24, 2.45) is 5.92 Å². The molecule has 2 aliphatic carbocycles. The summed E-state index contributed by atoms with van der Waals surface area (Å²) in [6, 6.07) is 15.9. The molecule has 3 aromatic rings. The standard InChI is InChI=1S/C30H32FN3/c1-3-29-33-19-28(34-29)27-17-24(9-12-26(27)23-5-4-6-23)20(2)22-13-15-30(31,16-14-22)25-10-7-21(18-32)8-11-25/h7-12,17,19,22-23H,2-6,13-16H2,1H3,(H,33,34). The molecule has 174 valence electrons. The number of imidazole rings is 1. The van der Waals surface area contributed by atoms with Crippen molar-refractivity contribution in [1.29, 1.82) is 5.26 Å². The number of H-pyrrole nitrogens is 1. The molecule has 5 rings (SSSR count). The molecule has 4 heteroatoms. The van der Waals surface area contributed by atoms with Gasteiger partial charge >= 0.3 is 0 Å². The molecule has 2 fully saturated rings. The Bertz CT molecular complexity index is 1220. The molecule has 0 aliphatic heterocycles. The van der Waals surface area contributed by atoms with Gasteiger partial charge in [0.2, 0.25) is 0 Å². The van der Waals surface area contributed by atoms with E-state index >= 15 is 4.39 Å². The molecule has 1 aromatic heterocycles. The van der Waals surface area contributed by atoms with Gasteiger partial charge in [0.25, 0.3) is 0 Å². The van der Waals surface area contributed by atoms with E-state index in [2.05, 4.69) is 47.7 Å². The van der Waals surface area contributed by atoms with Crippen LogP contribution in [0, 0.1) is 17.2 Å². The van der Waals surface area contributed by atoms with Gasteiger partial charge in [-0.3, -0.25) is 0 Å². The number of nitriles is 1. The van der Waals surface area contributed by atoms with Crippen LogP contribution in [-0.2, 0) is 12.1 Å². The second-order valence-corrected chi connectivity index (χ2v) is 9.98. The average Bonchev–Trinajstić information content (AvgIpc) is 3.33. The number of benzene rings is 2. The average molecular weight is 454 g/mol. The Morgan fingerprint density at radius 3 is 2.47 bits per heavy atom. The molecule has 0 unspecified atom stereocenters. The van der Waals surface area contributed by atoms with Gasteiger partial charge in [0.15, 0.2) is 0 Å². The number of aromatic nitrogens is 2. The molecule has 2 saturated carbocycles. The predicted octanol–water partition coefficient (Wildman–Crippen LogP) is 7.85. The summed E-state index contributed by atoms with van der Waals surface area (Å²) >= 11 is 0. The van der Waals surface area contributed by atoms with E-state index in [-0.39, 0.29) is 5.92 Å². The molecule has 1 heterocycles. The summed E-state index contributed by atoms with van der Waals surface area (Å²) < 4.78 is 15.8. The SMILES string of the molecule is C=C(c1ccc(C2CCC2)c(-c2cnc(CC)[nH]2)c1)C1CCC(F)(c2ccc(C#N)cc2)CC1. The summed E-state index contributed by atoms with van der Waals surface area (Å²) in [7, 11) is 0. The van der Waals surface area contributed by atoms with E-state index < -0.39 is 5.67 Å². The van der Waals surface area contributed by atoms with Crippen LogP contribution in [-0.4, -0.2) is 9.97 Å². The van der Waals surface area contributed by atoms with Gasteiger partial charge in [-0.1, -0.05) is 44.2 Å². The lowest BCUT2D eigenvalue weighted by molar-refractivity contribution is 0.0935. The molecular weight excluding hydrogens is 421 g/mol. The van der Waals surface area contributed by atoms with Gasteiger partial charge in [0, 0.05) is 12.0 Å². The maximum atomic E-state index is 15.8. The third kappa shape index (κ3) is 4.20. The number of nitrogens with zero attached hydrogens (tertiary/aromatic N) is 2. The van der Waals surface area contributed by atoms with E-state index in [1.165, 1.54) is 30.4 Å². The molecule has 2 aliphatic rings.